The van der Waals surface area contributed by atoms with Crippen molar-refractivity contribution in [3.63, 3.8) is 0 Å². The molecule has 186 valence electrons. The first-order valence-corrected chi connectivity index (χ1v) is 12.6. The Morgan fingerprint density at radius 1 is 0.743 bits per heavy atom. The van der Waals surface area contributed by atoms with E-state index in [1.54, 1.807) is 42.5 Å². The van der Waals surface area contributed by atoms with Crippen molar-refractivity contribution < 1.29 is 22.6 Å². The van der Waals surface area contributed by atoms with Crippen LogP contribution in [0.15, 0.2) is 54.6 Å². The monoisotopic (exact) mass is 482 g/mol. The molecular formula is C30H33F3O2. The molecule has 0 N–H and O–H groups in total. The summed E-state index contributed by atoms with van der Waals surface area (Å²) in [7, 11) is 0. The van der Waals surface area contributed by atoms with Crippen LogP contribution in [-0.4, -0.2) is 13.2 Å². The predicted molar refractivity (Wildman–Crippen MR) is 133 cm³/mol. The van der Waals surface area contributed by atoms with Crippen LogP contribution in [0.3, 0.4) is 0 Å². The number of aryl methyl sites for hydroxylation is 1. The van der Waals surface area contributed by atoms with E-state index in [4.69, 9.17) is 9.47 Å². The molecule has 0 amide bonds. The van der Waals surface area contributed by atoms with Gasteiger partial charge in [0, 0.05) is 17.0 Å². The Balaban J connectivity index is 1.38. The van der Waals surface area contributed by atoms with Crippen LogP contribution in [0.1, 0.15) is 62.9 Å². The normalized spacial score (nSPS) is 18.1. The Morgan fingerprint density at radius 2 is 1.40 bits per heavy atom. The largest absolute Gasteiger partial charge is 0.348 e. The van der Waals surface area contributed by atoms with E-state index in [1.807, 2.05) is 6.07 Å². The average Bonchev–Trinajstić information content (AvgIpc) is 2.88. The maximum Gasteiger partial charge on any atom is 0.186 e. The maximum atomic E-state index is 15.0. The van der Waals surface area contributed by atoms with Crippen molar-refractivity contribution in [3.8, 4) is 22.3 Å². The van der Waals surface area contributed by atoms with E-state index in [0.29, 0.717) is 35.8 Å². The molecule has 0 unspecified atom stereocenters. The number of halogens is 3. The Labute approximate surface area is 206 Å². The van der Waals surface area contributed by atoms with E-state index in [-0.39, 0.29) is 16.9 Å². The van der Waals surface area contributed by atoms with Crippen LogP contribution in [0.5, 0.6) is 0 Å². The van der Waals surface area contributed by atoms with Crippen LogP contribution >= 0.6 is 0 Å². The summed E-state index contributed by atoms with van der Waals surface area (Å²) in [5, 5.41) is 0. The van der Waals surface area contributed by atoms with Gasteiger partial charge in [-0.05, 0) is 41.7 Å². The first-order chi connectivity index (χ1) is 17.0. The fourth-order valence-corrected chi connectivity index (χ4v) is 4.54. The first kappa shape index (κ1) is 25.5. The molecule has 0 atom stereocenters. The smallest absolute Gasteiger partial charge is 0.186 e. The van der Waals surface area contributed by atoms with Crippen molar-refractivity contribution >= 4 is 0 Å². The second-order valence-electron chi connectivity index (χ2n) is 9.44. The van der Waals surface area contributed by atoms with E-state index in [9.17, 15) is 13.2 Å². The van der Waals surface area contributed by atoms with Gasteiger partial charge in [-0.3, -0.25) is 0 Å². The van der Waals surface area contributed by atoms with Crippen LogP contribution in [0.4, 0.5) is 13.2 Å². The average molecular weight is 483 g/mol. The molecule has 1 heterocycles. The van der Waals surface area contributed by atoms with E-state index >= 15 is 0 Å². The quantitative estimate of drug-likeness (QED) is 0.284. The highest BCUT2D eigenvalue weighted by Crippen LogP contribution is 2.33. The Morgan fingerprint density at radius 3 is 2.09 bits per heavy atom. The summed E-state index contributed by atoms with van der Waals surface area (Å²) in [5.74, 6) is -1.73. The van der Waals surface area contributed by atoms with Gasteiger partial charge in [0.05, 0.1) is 13.2 Å². The van der Waals surface area contributed by atoms with Gasteiger partial charge in [-0.15, -0.1) is 0 Å². The maximum absolute atomic E-state index is 15.0. The van der Waals surface area contributed by atoms with Crippen molar-refractivity contribution in [1.82, 2.24) is 0 Å². The first-order valence-electron chi connectivity index (χ1n) is 12.6. The van der Waals surface area contributed by atoms with E-state index in [1.165, 1.54) is 45.1 Å². The minimum absolute atomic E-state index is 0.201. The number of hydrogen-bond donors (Lipinski definition) is 0. The Kier molecular flexibility index (Phi) is 8.64. The van der Waals surface area contributed by atoms with Crippen molar-refractivity contribution in [3.05, 3.63) is 83.2 Å². The number of hydrogen-bond acceptors (Lipinski definition) is 2. The minimum atomic E-state index is -0.862. The number of rotatable bonds is 9. The lowest BCUT2D eigenvalue weighted by molar-refractivity contribution is -0.207. The van der Waals surface area contributed by atoms with Gasteiger partial charge in [-0.1, -0.05) is 87.6 Å². The lowest BCUT2D eigenvalue weighted by Crippen LogP contribution is -2.27. The minimum Gasteiger partial charge on any atom is -0.348 e. The highest BCUT2D eigenvalue weighted by Gasteiger charge is 2.25. The molecule has 4 rings (SSSR count). The third kappa shape index (κ3) is 6.14. The van der Waals surface area contributed by atoms with Gasteiger partial charge in [0.25, 0.3) is 0 Å². The fourth-order valence-electron chi connectivity index (χ4n) is 4.54. The van der Waals surface area contributed by atoms with Gasteiger partial charge < -0.3 is 9.47 Å². The Bertz CT molecular complexity index is 1120. The molecule has 0 aromatic heterocycles. The van der Waals surface area contributed by atoms with E-state index in [0.717, 1.165) is 12.0 Å². The van der Waals surface area contributed by atoms with Gasteiger partial charge in [0.15, 0.2) is 17.9 Å². The van der Waals surface area contributed by atoms with Crippen LogP contribution in [0, 0.1) is 30.3 Å². The fraction of sp³-hybridized carbons (Fsp3) is 0.400. The number of benzene rings is 3. The zero-order valence-corrected chi connectivity index (χ0v) is 20.5. The summed E-state index contributed by atoms with van der Waals surface area (Å²) < 4.78 is 54.9. The summed E-state index contributed by atoms with van der Waals surface area (Å²) in [6, 6.07) is 15.1. The van der Waals surface area contributed by atoms with Crippen LogP contribution in [0.25, 0.3) is 22.3 Å². The molecule has 3 aromatic carbocycles. The molecule has 5 heteroatoms. The van der Waals surface area contributed by atoms with E-state index < -0.39 is 17.9 Å². The molecule has 0 spiro atoms. The lowest BCUT2D eigenvalue weighted by Gasteiger charge is -2.30. The highest BCUT2D eigenvalue weighted by molar-refractivity contribution is 5.71. The summed E-state index contributed by atoms with van der Waals surface area (Å²) in [6.07, 6.45) is 6.59. The van der Waals surface area contributed by atoms with Crippen molar-refractivity contribution in [1.29, 1.82) is 0 Å². The molecule has 0 bridgehead atoms. The summed E-state index contributed by atoms with van der Waals surface area (Å²) in [4.78, 5) is 0. The predicted octanol–water partition coefficient (Wildman–Crippen LogP) is 8.77. The van der Waals surface area contributed by atoms with Gasteiger partial charge in [0.2, 0.25) is 0 Å². The molecule has 1 fully saturated rings. The van der Waals surface area contributed by atoms with Gasteiger partial charge >= 0.3 is 0 Å². The molecule has 2 nitrogen and oxygen atoms in total. The van der Waals surface area contributed by atoms with Crippen molar-refractivity contribution in [2.75, 3.05) is 13.2 Å². The van der Waals surface area contributed by atoms with Gasteiger partial charge in [0.1, 0.15) is 5.82 Å². The molecular weight excluding hydrogens is 449 g/mol. The SMILES string of the molecule is CCCCCCCC1COC(c2ccc(-c3ccc(-c4ccc(C)c(F)c4F)cc3)cc2F)OC1. The number of unbranched alkanes of at least 4 members (excludes halogenated alkanes) is 4. The third-order valence-electron chi connectivity index (χ3n) is 6.74. The second kappa shape index (κ2) is 11.9. The molecule has 1 saturated heterocycles. The molecule has 0 radical (unpaired) electrons. The van der Waals surface area contributed by atoms with Crippen molar-refractivity contribution in [2.45, 2.75) is 58.7 Å². The van der Waals surface area contributed by atoms with E-state index in [2.05, 4.69) is 6.92 Å². The zero-order valence-electron chi connectivity index (χ0n) is 20.5. The van der Waals surface area contributed by atoms with Crippen LogP contribution < -0.4 is 0 Å². The Hall–Kier alpha value is -2.63. The zero-order chi connectivity index (χ0) is 24.8. The molecule has 0 saturated carbocycles. The molecule has 1 aliphatic rings. The summed E-state index contributed by atoms with van der Waals surface area (Å²) in [6.45, 7) is 4.90. The molecule has 3 aromatic rings. The second-order valence-corrected chi connectivity index (χ2v) is 9.44. The molecule has 1 aliphatic heterocycles. The number of ether oxygens (including phenoxy) is 2. The topological polar surface area (TPSA) is 18.5 Å². The van der Waals surface area contributed by atoms with Gasteiger partial charge in [-0.2, -0.15) is 0 Å². The highest BCUT2D eigenvalue weighted by atomic mass is 19.2. The summed E-state index contributed by atoms with van der Waals surface area (Å²) in [5.41, 5.74) is 2.89. The van der Waals surface area contributed by atoms with Crippen molar-refractivity contribution in [2.24, 2.45) is 5.92 Å². The van der Waals surface area contributed by atoms with Crippen LogP contribution in [0.2, 0.25) is 0 Å². The molecule has 0 aliphatic carbocycles. The summed E-state index contributed by atoms with van der Waals surface area (Å²) >= 11 is 0. The standard InChI is InChI=1S/C30H33F3O2/c1-3-4-5-6-7-8-21-18-34-30(35-19-21)26-16-14-24(17-27(26)31)22-10-12-23(13-11-22)25-15-9-20(2)28(32)29(25)33/h9-17,21,30H,3-8,18-19H2,1-2H3. The van der Waals surface area contributed by atoms with Gasteiger partial charge in [-0.25, -0.2) is 13.2 Å². The third-order valence-corrected chi connectivity index (χ3v) is 6.74. The molecule has 35 heavy (non-hydrogen) atoms. The lowest BCUT2D eigenvalue weighted by atomic mass is 9.98. The van der Waals surface area contributed by atoms with Crippen LogP contribution in [-0.2, 0) is 9.47 Å².